The van der Waals surface area contributed by atoms with Crippen molar-refractivity contribution in [2.24, 2.45) is 0 Å². The van der Waals surface area contributed by atoms with E-state index in [2.05, 4.69) is 25.7 Å². The summed E-state index contributed by atoms with van der Waals surface area (Å²) in [6, 6.07) is 14.6. The van der Waals surface area contributed by atoms with Gasteiger partial charge in [0.1, 0.15) is 17.0 Å². The zero-order valence-corrected chi connectivity index (χ0v) is 20.2. The molecule has 0 atom stereocenters. The maximum atomic E-state index is 12.8. The van der Waals surface area contributed by atoms with E-state index in [1.54, 1.807) is 6.92 Å². The highest BCUT2D eigenvalue weighted by molar-refractivity contribution is 6.34. The van der Waals surface area contributed by atoms with Gasteiger partial charge in [0, 0.05) is 23.7 Å². The number of aromatic amines is 1. The van der Waals surface area contributed by atoms with Crippen LogP contribution < -0.4 is 16.3 Å². The Balaban J connectivity index is 1.50. The van der Waals surface area contributed by atoms with Crippen LogP contribution in [0, 0.1) is 6.92 Å². The van der Waals surface area contributed by atoms with Gasteiger partial charge in [0.2, 0.25) is 0 Å². The highest BCUT2D eigenvalue weighted by atomic mass is 35.5. The summed E-state index contributed by atoms with van der Waals surface area (Å²) in [5, 5.41) is 13.4. The molecule has 11 nitrogen and oxygen atoms in total. The van der Waals surface area contributed by atoms with Crippen LogP contribution in [-0.4, -0.2) is 49.5 Å². The van der Waals surface area contributed by atoms with Gasteiger partial charge in [-0.05, 0) is 43.2 Å². The van der Waals surface area contributed by atoms with E-state index in [-0.39, 0.29) is 28.4 Å². The molecule has 0 radical (unpaired) electrons. The average molecular weight is 521 g/mol. The second kappa shape index (κ2) is 10.9. The summed E-state index contributed by atoms with van der Waals surface area (Å²) < 4.78 is 0. The van der Waals surface area contributed by atoms with E-state index in [0.29, 0.717) is 23.3 Å². The van der Waals surface area contributed by atoms with E-state index >= 15 is 0 Å². The van der Waals surface area contributed by atoms with Crippen molar-refractivity contribution in [1.29, 1.82) is 0 Å². The highest BCUT2D eigenvalue weighted by Crippen LogP contribution is 2.24. The topological polar surface area (TPSA) is 157 Å². The summed E-state index contributed by atoms with van der Waals surface area (Å²) in [5.41, 5.74) is 2.77. The predicted octanol–water partition coefficient (Wildman–Crippen LogP) is 3.40. The lowest BCUT2D eigenvalue weighted by atomic mass is 10.1. The Kier molecular flexibility index (Phi) is 7.44. The molecule has 0 saturated heterocycles. The molecule has 2 aromatic heterocycles. The molecule has 0 aliphatic rings. The highest BCUT2D eigenvalue weighted by Gasteiger charge is 2.19. The number of benzene rings is 2. The molecule has 0 fully saturated rings. The number of carboxylic acid groups (broad SMARTS) is 1. The van der Waals surface area contributed by atoms with Gasteiger partial charge >= 0.3 is 6.09 Å². The zero-order chi connectivity index (χ0) is 26.5. The Hall–Kier alpha value is -4.77. The molecule has 0 spiro atoms. The number of anilines is 1. The molecule has 37 heavy (non-hydrogen) atoms. The number of rotatable bonds is 6. The first kappa shape index (κ1) is 25.3. The minimum Gasteiger partial charge on any atom is -0.464 e. The van der Waals surface area contributed by atoms with Gasteiger partial charge in [-0.15, -0.1) is 0 Å². The first-order chi connectivity index (χ1) is 17.7. The number of fused-ring (bicyclic) bond motifs is 1. The Morgan fingerprint density at radius 2 is 1.84 bits per heavy atom. The minimum atomic E-state index is -1.33. The lowest BCUT2D eigenvalue weighted by molar-refractivity contribution is 0.0757. The number of aromatic nitrogens is 3. The van der Waals surface area contributed by atoms with Gasteiger partial charge in [-0.1, -0.05) is 41.9 Å². The number of halogens is 1. The maximum absolute atomic E-state index is 12.8. The quantitative estimate of drug-likeness (QED) is 0.284. The lowest BCUT2D eigenvalue weighted by Gasteiger charge is -2.20. The molecule has 4 aromatic rings. The minimum absolute atomic E-state index is 0.0241. The number of hydrogen-bond donors (Lipinski definition) is 4. The van der Waals surface area contributed by atoms with Crippen molar-refractivity contribution in [1.82, 2.24) is 25.4 Å². The fraction of sp³-hybridized carbons (Fsp3) is 0.120. The molecule has 188 valence electrons. The average Bonchev–Trinajstić information content (AvgIpc) is 2.87. The summed E-state index contributed by atoms with van der Waals surface area (Å²) in [5.74, 6) is -1.03. The van der Waals surface area contributed by atoms with Crippen LogP contribution in [0.5, 0.6) is 0 Å². The van der Waals surface area contributed by atoms with Gasteiger partial charge in [0.15, 0.2) is 0 Å². The third-order valence-electron chi connectivity index (χ3n) is 5.37. The van der Waals surface area contributed by atoms with Crippen LogP contribution in [0.1, 0.15) is 32.1 Å². The lowest BCUT2D eigenvalue weighted by Crippen LogP contribution is -2.46. The number of amides is 3. The van der Waals surface area contributed by atoms with E-state index in [9.17, 15) is 24.3 Å². The van der Waals surface area contributed by atoms with E-state index in [1.165, 1.54) is 30.5 Å². The molecule has 2 aromatic carbocycles. The SMILES string of the molecule is Cc1ncc2cc(C(=O)Nc3cc(C(=O)NN(CCc4ccccc4)C(=O)O)ccc3Cl)c(=O)[nH]c2n1. The van der Waals surface area contributed by atoms with Crippen LogP contribution in [0.25, 0.3) is 11.0 Å². The van der Waals surface area contributed by atoms with Crippen LogP contribution in [0.3, 0.4) is 0 Å². The Morgan fingerprint density at radius 3 is 2.57 bits per heavy atom. The predicted molar refractivity (Wildman–Crippen MR) is 137 cm³/mol. The number of pyridine rings is 1. The number of H-pyrrole nitrogens is 1. The smallest absolute Gasteiger partial charge is 0.426 e. The number of nitrogens with one attached hydrogen (secondary N) is 3. The molecular formula is C25H21ClN6O5. The molecule has 0 bridgehead atoms. The van der Waals surface area contributed by atoms with Gasteiger partial charge in [-0.25, -0.2) is 19.8 Å². The summed E-state index contributed by atoms with van der Waals surface area (Å²) in [6.45, 7) is 1.69. The first-order valence-corrected chi connectivity index (χ1v) is 11.4. The van der Waals surface area contributed by atoms with Crippen LogP contribution in [0.15, 0.2) is 65.6 Å². The Morgan fingerprint density at radius 1 is 1.08 bits per heavy atom. The first-order valence-electron chi connectivity index (χ1n) is 11.0. The van der Waals surface area contributed by atoms with Gasteiger partial charge in [0.25, 0.3) is 17.4 Å². The molecule has 3 amide bonds. The fourth-order valence-corrected chi connectivity index (χ4v) is 3.64. The van der Waals surface area contributed by atoms with Crippen LogP contribution in [0.4, 0.5) is 10.5 Å². The van der Waals surface area contributed by atoms with Gasteiger partial charge < -0.3 is 15.4 Å². The number of hydrogen-bond acceptors (Lipinski definition) is 6. The van der Waals surface area contributed by atoms with Gasteiger partial charge in [-0.2, -0.15) is 0 Å². The van der Waals surface area contributed by atoms with Crippen LogP contribution >= 0.6 is 11.6 Å². The van der Waals surface area contributed by atoms with E-state index in [0.717, 1.165) is 10.6 Å². The van der Waals surface area contributed by atoms with Crippen molar-refractivity contribution in [2.75, 3.05) is 11.9 Å². The molecule has 12 heteroatoms. The normalized spacial score (nSPS) is 10.6. The molecular weight excluding hydrogens is 500 g/mol. The Labute approximate surface area is 215 Å². The molecule has 2 heterocycles. The van der Waals surface area contributed by atoms with Crippen molar-refractivity contribution in [3.8, 4) is 0 Å². The number of aryl methyl sites for hydroxylation is 1. The summed E-state index contributed by atoms with van der Waals surface area (Å²) in [4.78, 5) is 60.4. The van der Waals surface area contributed by atoms with Gasteiger partial charge in [-0.3, -0.25) is 19.8 Å². The summed E-state index contributed by atoms with van der Waals surface area (Å²) in [6.07, 6.45) is 0.538. The number of carbonyl (C=O) groups excluding carboxylic acids is 2. The summed E-state index contributed by atoms with van der Waals surface area (Å²) >= 11 is 6.20. The van der Waals surface area contributed by atoms with Crippen molar-refractivity contribution >= 4 is 46.2 Å². The number of nitrogens with zero attached hydrogens (tertiary/aromatic N) is 3. The van der Waals surface area contributed by atoms with Gasteiger partial charge in [0.05, 0.1) is 10.7 Å². The maximum Gasteiger partial charge on any atom is 0.426 e. The van der Waals surface area contributed by atoms with Crippen molar-refractivity contribution in [2.45, 2.75) is 13.3 Å². The number of carbonyl (C=O) groups is 3. The van der Waals surface area contributed by atoms with E-state index in [4.69, 9.17) is 11.6 Å². The van der Waals surface area contributed by atoms with Crippen LogP contribution in [0.2, 0.25) is 5.02 Å². The molecule has 0 unspecified atom stereocenters. The molecule has 4 N–H and O–H groups in total. The Bertz CT molecular complexity index is 1560. The summed E-state index contributed by atoms with van der Waals surface area (Å²) in [7, 11) is 0. The monoisotopic (exact) mass is 520 g/mol. The molecule has 0 saturated carbocycles. The largest absolute Gasteiger partial charge is 0.464 e. The third-order valence-corrected chi connectivity index (χ3v) is 5.70. The van der Waals surface area contributed by atoms with Crippen molar-refractivity contribution in [3.63, 3.8) is 0 Å². The zero-order valence-electron chi connectivity index (χ0n) is 19.5. The van der Waals surface area contributed by atoms with Crippen LogP contribution in [-0.2, 0) is 6.42 Å². The second-order valence-electron chi connectivity index (χ2n) is 7.99. The van der Waals surface area contributed by atoms with E-state index < -0.39 is 23.5 Å². The number of hydrazine groups is 1. The fourth-order valence-electron chi connectivity index (χ4n) is 3.47. The second-order valence-corrected chi connectivity index (χ2v) is 8.40. The third kappa shape index (κ3) is 6.08. The van der Waals surface area contributed by atoms with E-state index in [1.807, 2.05) is 30.3 Å². The van der Waals surface area contributed by atoms with Crippen molar-refractivity contribution in [3.05, 3.63) is 98.7 Å². The molecule has 0 aliphatic heterocycles. The molecule has 4 rings (SSSR count). The molecule has 0 aliphatic carbocycles. The van der Waals surface area contributed by atoms with Crippen molar-refractivity contribution < 1.29 is 19.5 Å². The standard InChI is InChI=1S/C25H21ClN6O5/c1-14-27-13-17-11-18(24(35)30-21(17)28-14)23(34)29-20-12-16(7-8-19(20)26)22(33)31-32(25(36)37)10-9-15-5-3-2-4-6-15/h2-8,11-13H,9-10H2,1H3,(H,29,34)(H,31,33)(H,36,37)(H,27,28,30,35).